The van der Waals surface area contributed by atoms with E-state index in [2.05, 4.69) is 26.6 Å². The molecule has 5 amide bonds. The minimum atomic E-state index is -2.54. The zero-order chi connectivity index (χ0) is 84.1. The number of hydrogen-bond donors (Lipinski definition) is 28. The van der Waals surface area contributed by atoms with E-state index >= 15 is 0 Å². The fraction of sp³-hybridized carbons (Fsp3) is 0.922. The van der Waals surface area contributed by atoms with E-state index in [1.807, 2.05) is 0 Å². The van der Waals surface area contributed by atoms with Crippen molar-refractivity contribution in [3.05, 3.63) is 0 Å². The summed E-state index contributed by atoms with van der Waals surface area (Å²) in [7, 11) is 0. The van der Waals surface area contributed by atoms with E-state index in [1.54, 1.807) is 0 Å². The number of amides is 5. The van der Waals surface area contributed by atoms with Gasteiger partial charge < -0.3 is 225 Å². The van der Waals surface area contributed by atoms with Crippen LogP contribution in [0.5, 0.6) is 0 Å². The Morgan fingerprint density at radius 1 is 0.246 bits per heavy atom. The van der Waals surface area contributed by atoms with Crippen molar-refractivity contribution >= 4 is 29.5 Å². The maximum Gasteiger partial charge on any atom is 0.217 e. The number of carbonyl (C=O) groups excluding carboxylic acids is 5. The van der Waals surface area contributed by atoms with Crippen LogP contribution in [0.15, 0.2) is 0 Å². The first-order valence-corrected chi connectivity index (χ1v) is 36.5. The van der Waals surface area contributed by atoms with Gasteiger partial charge in [0.1, 0.15) is 213 Å². The van der Waals surface area contributed by atoms with Gasteiger partial charge in [-0.3, -0.25) is 24.0 Å². The summed E-state index contributed by atoms with van der Waals surface area (Å²) < 4.78 is 101. The Hall–Kier alpha value is -4.25. The lowest BCUT2D eigenvalue weighted by molar-refractivity contribution is -0.392. The predicted octanol–water partition coefficient (Wildman–Crippen LogP) is -18.9. The molecule has 28 N–H and O–H groups in total. The summed E-state index contributed by atoms with van der Waals surface area (Å²) in [5.74, 6) is -4.28. The Balaban J connectivity index is 1.05. The third-order valence-electron chi connectivity index (χ3n) is 20.7. The molecule has 0 aromatic carbocycles. The molecule has 658 valence electrons. The van der Waals surface area contributed by atoms with E-state index in [0.717, 1.165) is 34.6 Å². The lowest BCUT2D eigenvalue weighted by Crippen LogP contribution is -2.70. The van der Waals surface area contributed by atoms with Crippen molar-refractivity contribution in [3.8, 4) is 0 Å². The van der Waals surface area contributed by atoms with E-state index in [1.165, 1.54) is 6.92 Å². The molecular weight excluding hydrogens is 1560 g/mol. The van der Waals surface area contributed by atoms with Crippen LogP contribution in [-0.2, 0) is 104 Å². The highest BCUT2D eigenvalue weighted by Gasteiger charge is 2.60. The van der Waals surface area contributed by atoms with E-state index < -0.39 is 358 Å². The Morgan fingerprint density at radius 3 is 1.02 bits per heavy atom. The molecule has 9 rings (SSSR count). The number of aliphatic hydroxyl groups excluding tert-OH is 23. The van der Waals surface area contributed by atoms with Crippen molar-refractivity contribution in [2.45, 2.75) is 318 Å². The summed E-state index contributed by atoms with van der Waals surface area (Å²) in [6.45, 7) is -2.05. The first-order chi connectivity index (χ1) is 53.8. The van der Waals surface area contributed by atoms with E-state index in [0.29, 0.717) is 0 Å². The molecule has 0 aromatic rings. The minimum Gasteiger partial charge on any atom is -0.394 e. The van der Waals surface area contributed by atoms with Crippen LogP contribution in [0.2, 0.25) is 0 Å². The predicted molar refractivity (Wildman–Crippen MR) is 354 cm³/mol. The maximum atomic E-state index is 13.2. The summed E-state index contributed by atoms with van der Waals surface area (Å²) in [6, 6.07) is -8.81. The second-order valence-corrected chi connectivity index (χ2v) is 29.0. The van der Waals surface area contributed by atoms with Crippen molar-refractivity contribution in [1.29, 1.82) is 0 Å². The van der Waals surface area contributed by atoms with Gasteiger partial charge in [-0.25, -0.2) is 0 Å². The molecule has 0 unspecified atom stereocenters. The van der Waals surface area contributed by atoms with Crippen molar-refractivity contribution in [3.63, 3.8) is 0 Å². The molecule has 0 aliphatic carbocycles. The van der Waals surface area contributed by atoms with Gasteiger partial charge in [0.25, 0.3) is 0 Å². The van der Waals surface area contributed by atoms with Gasteiger partial charge in [0.2, 0.25) is 29.5 Å². The standard InChI is InChI=1S/C64H107N5O45/c1-15-34(80)45(91)48(94)61(101-15)99-14-28-53(43(89)29(56(97)102-28)65-16(2)75)111-60-33(69-20(6)79)44(90)51(24(10-73)106-60)112-63-50(96)54(113-62-49(95)47(93)52(25(11-74)107-62)110-58-31(67-18(4)77)41(87)36(82)22(8-71)104-58)39(85)27(108-63)13-100-64-55(114-59-32(68-19(5)78)42(88)37(83)23(9-72)105-59)46(92)38(84)26(109-64)12-98-57-30(66-17(3)76)40(86)35(81)21(7-70)103-57/h15,21-64,70-74,80-97H,7-14H2,1-6H3,(H,65,75)(H,66,76)(H,67,77)(H,68,78)(H,69,79)/t15-,21-,22-,23-,24-,25-,26-,27-,28-,29-,30-,31-,32-,33-,34+,35-,36-,37-,38-,39-,40-,41-,42-,43-,44-,45-,46+,47-,48-,49+,50+,51-,52-,53-,54+,55+,56-,57-,58+,59+,60+,61+,62-,63+,64+/m1/s1. The molecule has 9 aliphatic rings. The smallest absolute Gasteiger partial charge is 0.217 e. The molecule has 9 saturated heterocycles. The van der Waals surface area contributed by atoms with Crippen molar-refractivity contribution < 1.29 is 222 Å². The van der Waals surface area contributed by atoms with Crippen LogP contribution in [-0.4, -0.2) is 476 Å². The van der Waals surface area contributed by atoms with E-state index in [-0.39, 0.29) is 0 Å². The minimum absolute atomic E-state index is 0.792. The van der Waals surface area contributed by atoms with Crippen molar-refractivity contribution in [2.24, 2.45) is 0 Å². The average molecular weight is 1670 g/mol. The molecule has 114 heavy (non-hydrogen) atoms. The van der Waals surface area contributed by atoms with Crippen LogP contribution in [0.4, 0.5) is 0 Å². The Labute approximate surface area is 646 Å². The van der Waals surface area contributed by atoms with Gasteiger partial charge in [-0.15, -0.1) is 0 Å². The summed E-state index contributed by atoms with van der Waals surface area (Å²) >= 11 is 0. The second-order valence-electron chi connectivity index (χ2n) is 29.0. The van der Waals surface area contributed by atoms with Crippen LogP contribution in [0, 0.1) is 0 Å². The van der Waals surface area contributed by atoms with Crippen LogP contribution in [0.3, 0.4) is 0 Å². The molecule has 9 heterocycles. The molecule has 0 saturated carbocycles. The second kappa shape index (κ2) is 40.9. The molecule has 0 spiro atoms. The van der Waals surface area contributed by atoms with Crippen LogP contribution in [0.1, 0.15) is 41.5 Å². The molecule has 0 radical (unpaired) electrons. The summed E-state index contributed by atoms with van der Waals surface area (Å²) in [6.07, 6.45) is -80.6. The highest BCUT2D eigenvalue weighted by Crippen LogP contribution is 2.39. The lowest BCUT2D eigenvalue weighted by Gasteiger charge is -2.51. The van der Waals surface area contributed by atoms with E-state index in [9.17, 15) is 141 Å². The molecule has 9 aliphatic heterocycles. The Morgan fingerprint density at radius 2 is 0.544 bits per heavy atom. The topological polar surface area (TPSA) is 768 Å². The van der Waals surface area contributed by atoms with Gasteiger partial charge in [-0.1, -0.05) is 0 Å². The van der Waals surface area contributed by atoms with Crippen molar-refractivity contribution in [1.82, 2.24) is 26.6 Å². The summed E-state index contributed by atoms with van der Waals surface area (Å²) in [5, 5.41) is 269. The van der Waals surface area contributed by atoms with Crippen LogP contribution in [0.25, 0.3) is 0 Å². The zero-order valence-corrected chi connectivity index (χ0v) is 61.9. The Bertz CT molecular complexity index is 3080. The van der Waals surface area contributed by atoms with Crippen molar-refractivity contribution in [2.75, 3.05) is 52.9 Å². The number of ether oxygens (including phenoxy) is 17. The van der Waals surface area contributed by atoms with Crippen LogP contribution >= 0.6 is 0 Å². The number of nitrogens with one attached hydrogen (secondary N) is 5. The number of hydrogen-bond acceptors (Lipinski definition) is 45. The number of aliphatic hydroxyl groups is 23. The fourth-order valence-corrected chi connectivity index (χ4v) is 14.6. The monoisotopic (exact) mass is 1670 g/mol. The molecule has 0 aromatic heterocycles. The fourth-order valence-electron chi connectivity index (χ4n) is 14.6. The van der Waals surface area contributed by atoms with Gasteiger partial charge in [0.05, 0.1) is 59.0 Å². The zero-order valence-electron chi connectivity index (χ0n) is 61.9. The van der Waals surface area contributed by atoms with Crippen LogP contribution < -0.4 is 26.6 Å². The normalized spacial score (nSPS) is 48.2. The molecule has 9 fully saturated rings. The molecule has 50 heteroatoms. The maximum absolute atomic E-state index is 13.2. The number of rotatable bonds is 29. The summed E-state index contributed by atoms with van der Waals surface area (Å²) in [5.41, 5.74) is 0. The first kappa shape index (κ1) is 93.6. The van der Waals surface area contributed by atoms with E-state index in [4.69, 9.17) is 80.5 Å². The third kappa shape index (κ3) is 21.2. The van der Waals surface area contributed by atoms with Gasteiger partial charge in [-0.05, 0) is 6.92 Å². The molecule has 0 bridgehead atoms. The highest BCUT2D eigenvalue weighted by atomic mass is 16.8. The third-order valence-corrected chi connectivity index (χ3v) is 20.7. The largest absolute Gasteiger partial charge is 0.394 e. The number of carbonyl (C=O) groups is 5. The SMILES string of the molecule is CC(=O)N[C@@H]1[C@@H](O)[C@H](O[C@@H]2O[C@H](CO)[C@@H](O[C@@H]3O[C@H](CO[C@H]4O[C@H](CO[C@@H]5O[C@H](CO)[C@@H](O)[C@H](O)[C@H]5NC(C)=O)[C@@H](O)[C@H](O)[C@@H]4O[C@@H]4O[C@H](CO)[C@@H](O)[C@H](O)[C@H]4NC(C)=O)[C@@H](O)[C@H](O[C@H]4O[C@H](CO)[C@@H](O[C@@H]5O[C@H](CO)[C@@H](O)[C@H](O)[C@H]5NC(C)=O)[C@H](O)[C@@H]4O)[C@@H]3O)[C@H](O)[C@H]2NC(C)=O)[C@@H](CO[C@H]2O[C@H](C)[C@H](O)[C@@H](O)[C@H]2O)O[C@H]1O. The van der Waals surface area contributed by atoms with Gasteiger partial charge >= 0.3 is 0 Å². The molecule has 45 atom stereocenters. The molecule has 50 nitrogen and oxygen atoms in total. The average Bonchev–Trinajstić information content (AvgIpc) is 0.758. The Kier molecular flexibility index (Phi) is 33.6. The first-order valence-electron chi connectivity index (χ1n) is 36.5. The summed E-state index contributed by atoms with van der Waals surface area (Å²) in [4.78, 5) is 62.9. The lowest BCUT2D eigenvalue weighted by atomic mass is 9.93. The van der Waals surface area contributed by atoms with Gasteiger partial charge in [0, 0.05) is 34.6 Å². The van der Waals surface area contributed by atoms with Gasteiger partial charge in [0.15, 0.2) is 56.6 Å². The quantitative estimate of drug-likeness (QED) is 0.0331. The van der Waals surface area contributed by atoms with Gasteiger partial charge in [-0.2, -0.15) is 0 Å². The highest BCUT2D eigenvalue weighted by molar-refractivity contribution is 5.75. The molecular formula is C64H107N5O45.